The first kappa shape index (κ1) is 10.5. The quantitative estimate of drug-likeness (QED) is 0.560. The highest BCUT2D eigenvalue weighted by Gasteiger charge is 2.44. The van der Waals surface area contributed by atoms with Crippen LogP contribution in [0.15, 0.2) is 46.8 Å². The van der Waals surface area contributed by atoms with Gasteiger partial charge in [0, 0.05) is 0 Å². The first-order chi connectivity index (χ1) is 7.42. The molecule has 3 aliphatic rings. The molecule has 0 spiro atoms. The van der Waals surface area contributed by atoms with Gasteiger partial charge in [0.1, 0.15) is 8.07 Å². The van der Waals surface area contributed by atoms with E-state index < -0.39 is 16.1 Å². The zero-order valence-electron chi connectivity index (χ0n) is 10.6. The van der Waals surface area contributed by atoms with Crippen LogP contribution in [-0.4, -0.2) is 16.1 Å². The highest BCUT2D eigenvalue weighted by Crippen LogP contribution is 2.48. The van der Waals surface area contributed by atoms with Gasteiger partial charge >= 0.3 is 0 Å². The van der Waals surface area contributed by atoms with E-state index in [4.69, 9.17) is 0 Å². The highest BCUT2D eigenvalue weighted by molar-refractivity contribution is 6.93. The van der Waals surface area contributed by atoms with Crippen molar-refractivity contribution in [1.29, 1.82) is 0 Å². The third-order valence-electron chi connectivity index (χ3n) is 4.85. The maximum Gasteiger partial charge on any atom is 0.111 e. The fourth-order valence-electron chi connectivity index (χ4n) is 3.17. The van der Waals surface area contributed by atoms with Gasteiger partial charge in [0.15, 0.2) is 0 Å². The summed E-state index contributed by atoms with van der Waals surface area (Å²) in [4.78, 5) is 0. The molecule has 2 heteroatoms. The summed E-state index contributed by atoms with van der Waals surface area (Å²) in [6, 6.07) is 0. The van der Waals surface area contributed by atoms with Crippen molar-refractivity contribution in [3.8, 4) is 0 Å². The van der Waals surface area contributed by atoms with Crippen LogP contribution >= 0.6 is 0 Å². The van der Waals surface area contributed by atoms with Crippen molar-refractivity contribution < 1.29 is 0 Å². The van der Waals surface area contributed by atoms with Crippen LogP contribution in [0, 0.1) is 0 Å². The lowest BCUT2D eigenvalue weighted by atomic mass is 10.4. The zero-order chi connectivity index (χ0) is 11.6. The average Bonchev–Trinajstić information content (AvgIpc) is 2.87. The van der Waals surface area contributed by atoms with Crippen LogP contribution in [0.4, 0.5) is 0 Å². The SMILES string of the molecule is C[Si]1(C)C2=CC(C=C2)[Si](C)(C)C2C=CC1=C2. The Labute approximate surface area is 100 Å². The molecule has 0 amide bonds. The molecular weight excluding hydrogens is 224 g/mol. The molecule has 16 heavy (non-hydrogen) atoms. The fourth-order valence-corrected chi connectivity index (χ4v) is 8.90. The van der Waals surface area contributed by atoms with Gasteiger partial charge in [-0.1, -0.05) is 73.0 Å². The Morgan fingerprint density at radius 2 is 1.25 bits per heavy atom. The molecule has 0 radical (unpaired) electrons. The molecule has 1 aliphatic heterocycles. The van der Waals surface area contributed by atoms with Crippen molar-refractivity contribution in [3.05, 3.63) is 46.8 Å². The maximum atomic E-state index is 2.60. The van der Waals surface area contributed by atoms with E-state index in [-0.39, 0.29) is 0 Å². The fraction of sp³-hybridized carbons (Fsp3) is 0.429. The minimum Gasteiger partial charge on any atom is -0.0806 e. The molecule has 0 nitrogen and oxygen atoms in total. The van der Waals surface area contributed by atoms with Crippen LogP contribution in [0.5, 0.6) is 0 Å². The number of hydrogen-bond acceptors (Lipinski definition) is 0. The summed E-state index contributed by atoms with van der Waals surface area (Å²) >= 11 is 0. The Morgan fingerprint density at radius 1 is 0.812 bits per heavy atom. The summed E-state index contributed by atoms with van der Waals surface area (Å²) in [6.07, 6.45) is 15.0. The van der Waals surface area contributed by atoms with Crippen LogP contribution < -0.4 is 0 Å². The van der Waals surface area contributed by atoms with E-state index in [9.17, 15) is 0 Å². The largest absolute Gasteiger partial charge is 0.111 e. The first-order valence-corrected chi connectivity index (χ1v) is 12.4. The van der Waals surface area contributed by atoms with Crippen LogP contribution in [0.1, 0.15) is 0 Å². The van der Waals surface area contributed by atoms with E-state index in [0.717, 1.165) is 11.1 Å². The van der Waals surface area contributed by atoms with Gasteiger partial charge in [-0.3, -0.25) is 0 Å². The van der Waals surface area contributed by atoms with Gasteiger partial charge in [-0.15, -0.1) is 0 Å². The van der Waals surface area contributed by atoms with Crippen molar-refractivity contribution in [1.82, 2.24) is 0 Å². The summed E-state index contributed by atoms with van der Waals surface area (Å²) in [7, 11) is -2.56. The Hall–Kier alpha value is -0.606. The summed E-state index contributed by atoms with van der Waals surface area (Å²) < 4.78 is 0. The minimum atomic E-state index is -1.34. The van der Waals surface area contributed by atoms with Gasteiger partial charge in [-0.2, -0.15) is 0 Å². The monoisotopic (exact) mass is 244 g/mol. The maximum absolute atomic E-state index is 2.60. The van der Waals surface area contributed by atoms with E-state index in [1.54, 1.807) is 10.4 Å². The van der Waals surface area contributed by atoms with Gasteiger partial charge in [0.2, 0.25) is 0 Å². The molecule has 2 unspecified atom stereocenters. The van der Waals surface area contributed by atoms with Gasteiger partial charge in [0.25, 0.3) is 0 Å². The normalized spacial score (nSPS) is 36.8. The molecule has 2 atom stereocenters. The smallest absolute Gasteiger partial charge is 0.0806 e. The summed E-state index contributed by atoms with van der Waals surface area (Å²) in [5, 5.41) is 3.32. The average molecular weight is 244 g/mol. The van der Waals surface area contributed by atoms with Crippen molar-refractivity contribution in [3.63, 3.8) is 0 Å². The molecule has 2 aliphatic carbocycles. The van der Waals surface area contributed by atoms with E-state index in [1.807, 2.05) is 0 Å². The molecule has 1 heterocycles. The second-order valence-corrected chi connectivity index (χ2v) is 15.8. The molecule has 0 N–H and O–H groups in total. The number of hydrogen-bond donors (Lipinski definition) is 0. The van der Waals surface area contributed by atoms with E-state index >= 15 is 0 Å². The van der Waals surface area contributed by atoms with Gasteiger partial charge in [-0.25, -0.2) is 0 Å². The summed E-state index contributed by atoms with van der Waals surface area (Å²) in [6.45, 7) is 10.1. The van der Waals surface area contributed by atoms with Crippen molar-refractivity contribution in [2.45, 2.75) is 37.3 Å². The van der Waals surface area contributed by atoms with Gasteiger partial charge < -0.3 is 0 Å². The molecule has 3 rings (SSSR count). The lowest BCUT2D eigenvalue weighted by Crippen LogP contribution is -2.37. The van der Waals surface area contributed by atoms with Crippen molar-refractivity contribution in [2.24, 2.45) is 0 Å². The second-order valence-electron chi connectivity index (χ2n) is 6.46. The number of fused-ring (bicyclic) bond motifs is 2. The van der Waals surface area contributed by atoms with Gasteiger partial charge in [0.05, 0.1) is 8.07 Å². The molecule has 0 fully saturated rings. The Bertz CT molecular complexity index is 421. The molecule has 0 aromatic heterocycles. The molecule has 0 aromatic rings. The minimum absolute atomic E-state index is 0.764. The number of rotatable bonds is 0. The standard InChI is InChI=1S/C14H20Si2/c1-15(2)11-5-7-13(9-11)16(3,4)14-8-6-12(15)10-14/h5-12H,1-4H3. The molecular formula is C14H20Si2. The molecule has 4 bridgehead atoms. The topological polar surface area (TPSA) is 0 Å². The Kier molecular flexibility index (Phi) is 1.97. The van der Waals surface area contributed by atoms with E-state index in [1.165, 1.54) is 0 Å². The summed E-state index contributed by atoms with van der Waals surface area (Å²) in [5.74, 6) is 0. The molecule has 84 valence electrons. The predicted molar refractivity (Wildman–Crippen MR) is 76.9 cm³/mol. The Balaban J connectivity index is 2.20. The van der Waals surface area contributed by atoms with Crippen LogP contribution in [0.3, 0.4) is 0 Å². The first-order valence-electron chi connectivity index (χ1n) is 6.23. The second kappa shape index (κ2) is 2.99. The van der Waals surface area contributed by atoms with Crippen LogP contribution in [-0.2, 0) is 0 Å². The number of allylic oxidation sites excluding steroid dienone is 8. The lowest BCUT2D eigenvalue weighted by molar-refractivity contribution is 1.17. The highest BCUT2D eigenvalue weighted by atomic mass is 28.3. The third-order valence-corrected chi connectivity index (χ3v) is 12.6. The van der Waals surface area contributed by atoms with Crippen LogP contribution in [0.2, 0.25) is 37.3 Å². The lowest BCUT2D eigenvalue weighted by Gasteiger charge is -2.34. The molecule has 0 saturated carbocycles. The Morgan fingerprint density at radius 3 is 1.69 bits per heavy atom. The molecule has 0 aromatic carbocycles. The third kappa shape index (κ3) is 1.20. The molecule has 0 saturated heterocycles. The van der Waals surface area contributed by atoms with E-state index in [2.05, 4.69) is 62.6 Å². The van der Waals surface area contributed by atoms with Crippen molar-refractivity contribution in [2.75, 3.05) is 0 Å². The van der Waals surface area contributed by atoms with Gasteiger partial charge in [-0.05, 0) is 11.1 Å². The van der Waals surface area contributed by atoms with Crippen LogP contribution in [0.25, 0.3) is 0 Å². The predicted octanol–water partition coefficient (Wildman–Crippen LogP) is 4.23. The zero-order valence-corrected chi connectivity index (χ0v) is 12.6. The van der Waals surface area contributed by atoms with E-state index in [0.29, 0.717) is 0 Å². The van der Waals surface area contributed by atoms with Crippen molar-refractivity contribution >= 4 is 16.1 Å². The summed E-state index contributed by atoms with van der Waals surface area (Å²) in [5.41, 5.74) is 1.53.